The van der Waals surface area contributed by atoms with E-state index in [1.807, 2.05) is 0 Å². The van der Waals surface area contributed by atoms with Gasteiger partial charge in [-0.1, -0.05) is 6.07 Å². The molecule has 0 N–H and O–H groups in total. The van der Waals surface area contributed by atoms with Gasteiger partial charge in [0.1, 0.15) is 30.3 Å². The molecule has 2 heterocycles. The summed E-state index contributed by atoms with van der Waals surface area (Å²) in [6.07, 6.45) is 0. The summed E-state index contributed by atoms with van der Waals surface area (Å²) in [6, 6.07) is 16.2. The lowest BCUT2D eigenvalue weighted by Crippen LogP contribution is -2.71. The van der Waals surface area contributed by atoms with Crippen LogP contribution in [0.15, 0.2) is 84.1 Å². The molecule has 0 aromatic heterocycles. The molecule has 0 spiro atoms. The number of β-lactam (4-membered cyclic amide) rings is 1. The molecule has 46 heavy (non-hydrogen) atoms. The minimum absolute atomic E-state index is 0.0824. The Labute approximate surface area is 265 Å². The van der Waals surface area contributed by atoms with Gasteiger partial charge in [0.2, 0.25) is 5.91 Å². The second kappa shape index (κ2) is 13.2. The van der Waals surface area contributed by atoms with Crippen molar-refractivity contribution in [3.05, 3.63) is 121 Å². The number of carbonyl (C=O) groups excluding carboxylic acids is 4. The van der Waals surface area contributed by atoms with E-state index in [4.69, 9.17) is 9.47 Å². The number of fused-ring (bicyclic) bond motifs is 1. The third-order valence-electron chi connectivity index (χ3n) is 7.34. The maximum absolute atomic E-state index is 13.6. The van der Waals surface area contributed by atoms with Crippen molar-refractivity contribution in [1.29, 1.82) is 0 Å². The minimum atomic E-state index is -0.959. The van der Waals surface area contributed by atoms with Crippen LogP contribution in [0.3, 0.4) is 0 Å². The second-order valence-electron chi connectivity index (χ2n) is 10.4. The van der Waals surface area contributed by atoms with Gasteiger partial charge >= 0.3 is 11.9 Å². The summed E-state index contributed by atoms with van der Waals surface area (Å²) in [6.45, 7) is 2.70. The third kappa shape index (κ3) is 6.44. The number of anilines is 1. The molecule has 0 saturated carbocycles. The molecule has 3 aromatic carbocycles. The predicted octanol–water partition coefficient (Wildman–Crippen LogP) is 4.51. The SMILES string of the molecule is CC(=O)N(c1cccc(C(=O)OCc2ccc([N+](=O)[O-])cc2)c1)[C@@H]1C(=O)N2C(C(=O)OCc3ccc([N+](=O)[O-])cc3)=C(C)CS[C@H]12. The number of hydrogen-bond donors (Lipinski definition) is 0. The van der Waals surface area contributed by atoms with Crippen LogP contribution in [0.25, 0.3) is 0 Å². The van der Waals surface area contributed by atoms with Gasteiger partial charge in [-0.25, -0.2) is 9.59 Å². The molecule has 236 valence electrons. The van der Waals surface area contributed by atoms with Crippen molar-refractivity contribution in [2.24, 2.45) is 0 Å². The number of benzene rings is 3. The number of amides is 2. The molecule has 0 bridgehead atoms. The molecule has 14 nitrogen and oxygen atoms in total. The monoisotopic (exact) mass is 646 g/mol. The lowest BCUT2D eigenvalue weighted by molar-refractivity contribution is -0.385. The van der Waals surface area contributed by atoms with Crippen molar-refractivity contribution in [1.82, 2.24) is 4.90 Å². The molecule has 3 aromatic rings. The molecule has 2 aliphatic rings. The molecule has 5 rings (SSSR count). The van der Waals surface area contributed by atoms with Crippen LogP contribution >= 0.6 is 11.8 Å². The van der Waals surface area contributed by atoms with Gasteiger partial charge in [0.25, 0.3) is 17.3 Å². The van der Waals surface area contributed by atoms with E-state index >= 15 is 0 Å². The van der Waals surface area contributed by atoms with E-state index < -0.39 is 45.0 Å². The average Bonchev–Trinajstić information content (AvgIpc) is 3.05. The van der Waals surface area contributed by atoms with Crippen LogP contribution in [-0.4, -0.2) is 55.7 Å². The first-order chi connectivity index (χ1) is 22.0. The topological polar surface area (TPSA) is 179 Å². The van der Waals surface area contributed by atoms with E-state index in [0.29, 0.717) is 22.5 Å². The largest absolute Gasteiger partial charge is 0.457 e. The van der Waals surface area contributed by atoms with Crippen LogP contribution in [0.5, 0.6) is 0 Å². The van der Waals surface area contributed by atoms with Crippen LogP contribution < -0.4 is 4.90 Å². The molecule has 1 fully saturated rings. The number of carbonyl (C=O) groups is 4. The van der Waals surface area contributed by atoms with Crippen LogP contribution in [0.2, 0.25) is 0 Å². The Kier molecular flexibility index (Phi) is 9.13. The van der Waals surface area contributed by atoms with Crippen molar-refractivity contribution in [2.45, 2.75) is 38.5 Å². The van der Waals surface area contributed by atoms with Crippen molar-refractivity contribution < 1.29 is 38.5 Å². The van der Waals surface area contributed by atoms with Crippen LogP contribution in [0.1, 0.15) is 35.3 Å². The lowest BCUT2D eigenvalue weighted by atomic mass is 10.00. The molecule has 0 aliphatic carbocycles. The number of non-ortho nitro benzene ring substituents is 2. The Bertz CT molecular complexity index is 1770. The molecule has 2 atom stereocenters. The highest BCUT2D eigenvalue weighted by atomic mass is 32.2. The number of ether oxygens (including phenoxy) is 2. The van der Waals surface area contributed by atoms with E-state index in [1.165, 1.54) is 89.1 Å². The zero-order valence-electron chi connectivity index (χ0n) is 24.5. The molecule has 1 saturated heterocycles. The molecule has 0 unspecified atom stereocenters. The van der Waals surface area contributed by atoms with Crippen molar-refractivity contribution in [2.75, 3.05) is 10.7 Å². The summed E-state index contributed by atoms with van der Waals surface area (Å²) in [5.41, 5.74) is 1.98. The predicted molar refractivity (Wildman–Crippen MR) is 164 cm³/mol. The van der Waals surface area contributed by atoms with Gasteiger partial charge in [0.15, 0.2) is 0 Å². The first-order valence-electron chi connectivity index (χ1n) is 13.8. The van der Waals surface area contributed by atoms with E-state index in [0.717, 1.165) is 0 Å². The first kappa shape index (κ1) is 31.8. The summed E-state index contributed by atoms with van der Waals surface area (Å²) >= 11 is 1.38. The fourth-order valence-electron chi connectivity index (χ4n) is 5.05. The van der Waals surface area contributed by atoms with E-state index in [1.54, 1.807) is 19.1 Å². The quantitative estimate of drug-likeness (QED) is 0.131. The summed E-state index contributed by atoms with van der Waals surface area (Å²) in [4.78, 5) is 75.8. The zero-order valence-corrected chi connectivity index (χ0v) is 25.3. The molecule has 15 heteroatoms. The standard InChI is InChI=1S/C31H26N4O10S/c1-18-17-46-29-27(28(37)33(29)26(18)31(39)45-16-21-8-12-24(13-9-21)35(42)43)32(19(2)36)25-5-3-4-22(14-25)30(38)44-15-20-6-10-23(11-7-20)34(40)41/h3-14,27,29H,15-17H2,1-2H3/t27-,29-/m1/s1. The molecule has 0 radical (unpaired) electrons. The number of thioether (sulfide) groups is 1. The number of esters is 2. The summed E-state index contributed by atoms with van der Waals surface area (Å²) in [7, 11) is 0. The van der Waals surface area contributed by atoms with E-state index in [-0.39, 0.29) is 41.5 Å². The Morgan fingerprint density at radius 1 is 0.891 bits per heavy atom. The highest BCUT2D eigenvalue weighted by Crippen LogP contribution is 2.44. The van der Waals surface area contributed by atoms with Gasteiger partial charge in [-0.15, -0.1) is 11.8 Å². The highest BCUT2D eigenvalue weighted by Gasteiger charge is 2.56. The van der Waals surface area contributed by atoms with Gasteiger partial charge < -0.3 is 9.47 Å². The van der Waals surface area contributed by atoms with Crippen molar-refractivity contribution in [3.8, 4) is 0 Å². The number of nitro groups is 2. The number of rotatable bonds is 10. The number of nitro benzene ring substituents is 2. The molecule has 2 aliphatic heterocycles. The van der Waals surface area contributed by atoms with Gasteiger partial charge in [-0.3, -0.25) is 39.6 Å². The van der Waals surface area contributed by atoms with Crippen LogP contribution in [-0.2, 0) is 37.1 Å². The smallest absolute Gasteiger partial charge is 0.355 e. The maximum atomic E-state index is 13.6. The molecular formula is C31H26N4O10S. The van der Waals surface area contributed by atoms with Gasteiger partial charge in [-0.2, -0.15) is 0 Å². The first-order valence-corrected chi connectivity index (χ1v) is 14.9. The highest BCUT2D eigenvalue weighted by molar-refractivity contribution is 8.00. The summed E-state index contributed by atoms with van der Waals surface area (Å²) in [5, 5.41) is 21.2. The molecular weight excluding hydrogens is 620 g/mol. The van der Waals surface area contributed by atoms with Crippen LogP contribution in [0.4, 0.5) is 17.1 Å². The Morgan fingerprint density at radius 2 is 1.43 bits per heavy atom. The minimum Gasteiger partial charge on any atom is -0.457 e. The number of hydrogen-bond acceptors (Lipinski definition) is 11. The lowest BCUT2D eigenvalue weighted by Gasteiger charge is -2.52. The number of nitrogens with zero attached hydrogens (tertiary/aromatic N) is 4. The summed E-state index contributed by atoms with van der Waals surface area (Å²) < 4.78 is 10.8. The zero-order chi connectivity index (χ0) is 33.1. The molecule has 2 amide bonds. The summed E-state index contributed by atoms with van der Waals surface area (Å²) in [5.74, 6) is -1.99. The van der Waals surface area contributed by atoms with Gasteiger partial charge in [-0.05, 0) is 66.1 Å². The van der Waals surface area contributed by atoms with Gasteiger partial charge in [0, 0.05) is 42.6 Å². The van der Waals surface area contributed by atoms with Gasteiger partial charge in [0.05, 0.1) is 15.4 Å². The Hall–Kier alpha value is -5.57. The van der Waals surface area contributed by atoms with E-state index in [2.05, 4.69) is 0 Å². The van der Waals surface area contributed by atoms with E-state index in [9.17, 15) is 39.4 Å². The normalized spacial score (nSPS) is 17.0. The fourth-order valence-corrected chi connectivity index (χ4v) is 6.38. The fraction of sp³-hybridized carbons (Fsp3) is 0.226. The average molecular weight is 647 g/mol. The second-order valence-corrected chi connectivity index (χ2v) is 11.5. The Morgan fingerprint density at radius 3 is 1.96 bits per heavy atom. The third-order valence-corrected chi connectivity index (χ3v) is 8.75. The van der Waals surface area contributed by atoms with Crippen molar-refractivity contribution in [3.63, 3.8) is 0 Å². The Balaban J connectivity index is 1.28. The van der Waals surface area contributed by atoms with Crippen molar-refractivity contribution >= 4 is 52.6 Å². The van der Waals surface area contributed by atoms with Crippen LogP contribution in [0, 0.1) is 20.2 Å². The maximum Gasteiger partial charge on any atom is 0.355 e.